The number of aryl methyl sites for hydroxylation is 1. The van der Waals surface area contributed by atoms with Crippen LogP contribution in [0.1, 0.15) is 12.0 Å². The molecule has 0 radical (unpaired) electrons. The third-order valence-electron chi connectivity index (χ3n) is 6.60. The normalized spacial score (nSPS) is 35.3. The molecule has 6 atom stereocenters. The van der Waals surface area contributed by atoms with Crippen LogP contribution in [0.25, 0.3) is 0 Å². The van der Waals surface area contributed by atoms with E-state index in [4.69, 9.17) is 11.6 Å². The van der Waals surface area contributed by atoms with Gasteiger partial charge in [0, 0.05) is 10.2 Å². The van der Waals surface area contributed by atoms with Crippen LogP contribution in [0, 0.1) is 42.4 Å². The second-order valence-corrected chi connectivity index (χ2v) is 9.31. The van der Waals surface area contributed by atoms with Crippen molar-refractivity contribution in [1.82, 2.24) is 4.90 Å². The molecule has 1 aromatic rings. The van der Waals surface area contributed by atoms with E-state index in [0.29, 0.717) is 22.5 Å². The maximum atomic E-state index is 12.9. The lowest BCUT2D eigenvalue weighted by Gasteiger charge is -2.37. The second kappa shape index (κ2) is 5.92. The Hall–Kier alpha value is -1.66. The summed E-state index contributed by atoms with van der Waals surface area (Å²) in [7, 11) is 0. The van der Waals surface area contributed by atoms with Gasteiger partial charge in [-0.3, -0.25) is 19.3 Å². The minimum Gasteiger partial charge on any atom is -0.324 e. The minimum atomic E-state index is -0.387. The monoisotopic (exact) mass is 448 g/mol. The van der Waals surface area contributed by atoms with Gasteiger partial charge in [-0.15, -0.1) is 0 Å². The number of halogens is 2. The van der Waals surface area contributed by atoms with E-state index < -0.39 is 0 Å². The third kappa shape index (κ3) is 2.53. The van der Waals surface area contributed by atoms with Crippen molar-refractivity contribution in [3.05, 3.63) is 39.3 Å². The molecule has 1 aliphatic heterocycles. The highest BCUT2D eigenvalue weighted by Gasteiger charge is 2.67. The predicted octanol–water partition coefficient (Wildman–Crippen LogP) is 3.40. The Balaban J connectivity index is 1.33. The second-order valence-electron chi connectivity index (χ2n) is 8.05. The van der Waals surface area contributed by atoms with Crippen molar-refractivity contribution in [3.63, 3.8) is 0 Å². The summed E-state index contributed by atoms with van der Waals surface area (Å²) in [5.41, 5.74) is 1.42. The molecular weight excluding hydrogens is 432 g/mol. The molecule has 1 heterocycles. The van der Waals surface area contributed by atoms with Gasteiger partial charge in [0.05, 0.1) is 16.9 Å². The van der Waals surface area contributed by atoms with Crippen molar-refractivity contribution in [2.75, 3.05) is 11.9 Å². The first kappa shape index (κ1) is 17.4. The van der Waals surface area contributed by atoms with Crippen LogP contribution in [0.15, 0.2) is 28.8 Å². The average molecular weight is 450 g/mol. The number of allylic oxidation sites excluding steroid dienone is 2. The molecule has 2 saturated carbocycles. The fraction of sp³-hybridized carbons (Fsp3) is 0.450. The van der Waals surface area contributed by atoms with E-state index in [1.54, 1.807) is 6.07 Å². The van der Waals surface area contributed by atoms with Crippen molar-refractivity contribution in [1.29, 1.82) is 0 Å². The van der Waals surface area contributed by atoms with Crippen LogP contribution >= 0.6 is 27.5 Å². The first-order chi connectivity index (χ1) is 12.9. The van der Waals surface area contributed by atoms with Gasteiger partial charge in [-0.1, -0.05) is 23.8 Å². The summed E-state index contributed by atoms with van der Waals surface area (Å²) >= 11 is 9.45. The quantitative estimate of drug-likeness (QED) is 0.568. The number of amides is 3. The summed E-state index contributed by atoms with van der Waals surface area (Å²) in [4.78, 5) is 39.5. The lowest BCUT2D eigenvalue weighted by Crippen LogP contribution is -2.40. The van der Waals surface area contributed by atoms with Gasteiger partial charge < -0.3 is 5.32 Å². The van der Waals surface area contributed by atoms with E-state index in [1.807, 2.05) is 13.0 Å². The zero-order valence-electron chi connectivity index (χ0n) is 14.6. The first-order valence-electron chi connectivity index (χ1n) is 9.16. The SMILES string of the molecule is Cc1cc(Br)c(Cl)cc1NC(=O)CN1C(=O)C2C3C=CC(C4CC34)C2C1=O. The van der Waals surface area contributed by atoms with Gasteiger partial charge in [-0.05, 0) is 70.6 Å². The molecule has 1 N–H and O–H groups in total. The van der Waals surface area contributed by atoms with Gasteiger partial charge in [0.25, 0.3) is 0 Å². The van der Waals surface area contributed by atoms with E-state index >= 15 is 0 Å². The van der Waals surface area contributed by atoms with Crippen LogP contribution < -0.4 is 5.32 Å². The molecule has 1 aromatic carbocycles. The number of carbonyl (C=O) groups excluding carboxylic acids is 3. The van der Waals surface area contributed by atoms with E-state index in [9.17, 15) is 14.4 Å². The minimum absolute atomic E-state index is 0.169. The highest BCUT2D eigenvalue weighted by molar-refractivity contribution is 9.10. The summed E-state index contributed by atoms with van der Waals surface area (Å²) in [6.07, 6.45) is 5.38. The van der Waals surface area contributed by atoms with E-state index in [0.717, 1.165) is 21.4 Å². The molecule has 4 aliphatic carbocycles. The molecule has 6 unspecified atom stereocenters. The number of likely N-dealkylation sites (tertiary alicyclic amines) is 1. The van der Waals surface area contributed by atoms with Crippen molar-refractivity contribution in [2.24, 2.45) is 35.5 Å². The summed E-state index contributed by atoms with van der Waals surface area (Å²) in [5.74, 6) is 0.150. The van der Waals surface area contributed by atoms with Gasteiger partial charge in [0.15, 0.2) is 0 Å². The number of hydrogen-bond donors (Lipinski definition) is 1. The molecule has 3 amide bonds. The fourth-order valence-corrected chi connectivity index (χ4v) is 5.91. The molecule has 7 heteroatoms. The Morgan fingerprint density at radius 3 is 2.37 bits per heavy atom. The maximum Gasteiger partial charge on any atom is 0.244 e. The summed E-state index contributed by atoms with van der Waals surface area (Å²) in [6.45, 7) is 1.61. The Morgan fingerprint density at radius 1 is 1.19 bits per heavy atom. The predicted molar refractivity (Wildman–Crippen MR) is 104 cm³/mol. The lowest BCUT2D eigenvalue weighted by atomic mass is 9.63. The standard InChI is InChI=1S/C20H18BrClN2O3/c1-8-4-13(21)14(22)6-15(8)23-16(25)7-24-19(26)17-9-2-3-10(12-5-11(9)12)18(17)20(24)27/h2-4,6,9-12,17-18H,5,7H2,1H3,(H,23,25). The van der Waals surface area contributed by atoms with Gasteiger partial charge >= 0.3 is 0 Å². The number of rotatable bonds is 3. The van der Waals surface area contributed by atoms with Gasteiger partial charge in [0.2, 0.25) is 17.7 Å². The molecule has 0 spiro atoms. The van der Waals surface area contributed by atoms with Crippen LogP contribution in [0.3, 0.4) is 0 Å². The van der Waals surface area contributed by atoms with Gasteiger partial charge in [-0.2, -0.15) is 0 Å². The van der Waals surface area contributed by atoms with Crippen molar-refractivity contribution in [3.8, 4) is 0 Å². The number of imide groups is 1. The molecule has 0 aromatic heterocycles. The van der Waals surface area contributed by atoms with Crippen molar-refractivity contribution in [2.45, 2.75) is 13.3 Å². The van der Waals surface area contributed by atoms with Crippen LogP contribution in [0.4, 0.5) is 5.69 Å². The first-order valence-corrected chi connectivity index (χ1v) is 10.3. The van der Waals surface area contributed by atoms with Crippen LogP contribution in [-0.4, -0.2) is 29.2 Å². The molecule has 140 valence electrons. The van der Waals surface area contributed by atoms with E-state index in [-0.39, 0.29) is 47.9 Å². The Labute approximate surface area is 170 Å². The van der Waals surface area contributed by atoms with Crippen LogP contribution in [0.2, 0.25) is 5.02 Å². The molecule has 5 aliphatic rings. The Kier molecular flexibility index (Phi) is 3.82. The molecule has 27 heavy (non-hydrogen) atoms. The highest BCUT2D eigenvalue weighted by Crippen LogP contribution is 2.65. The fourth-order valence-electron chi connectivity index (χ4n) is 5.29. The zero-order valence-corrected chi connectivity index (χ0v) is 17.0. The maximum absolute atomic E-state index is 12.9. The number of nitrogens with zero attached hydrogens (tertiary/aromatic N) is 1. The van der Waals surface area contributed by atoms with E-state index in [2.05, 4.69) is 33.4 Å². The summed E-state index contributed by atoms with van der Waals surface area (Å²) in [5, 5.41) is 3.26. The molecule has 1 saturated heterocycles. The smallest absolute Gasteiger partial charge is 0.244 e. The zero-order chi connectivity index (χ0) is 19.0. The topological polar surface area (TPSA) is 66.5 Å². The molecule has 6 rings (SSSR count). The number of nitrogens with one attached hydrogen (secondary N) is 1. The molecule has 2 bridgehead atoms. The number of hydrogen-bond acceptors (Lipinski definition) is 3. The van der Waals surface area contributed by atoms with E-state index in [1.165, 1.54) is 0 Å². The lowest BCUT2D eigenvalue weighted by molar-refractivity contribution is -0.142. The molecule has 3 fully saturated rings. The number of carbonyl (C=O) groups is 3. The van der Waals surface area contributed by atoms with Gasteiger partial charge in [-0.25, -0.2) is 0 Å². The Morgan fingerprint density at radius 2 is 1.78 bits per heavy atom. The molecular formula is C20H18BrClN2O3. The summed E-state index contributed by atoms with van der Waals surface area (Å²) in [6, 6.07) is 3.47. The third-order valence-corrected chi connectivity index (χ3v) is 7.79. The number of anilines is 1. The average Bonchev–Trinajstić information content (AvgIpc) is 3.41. The van der Waals surface area contributed by atoms with Gasteiger partial charge in [0.1, 0.15) is 6.54 Å². The van der Waals surface area contributed by atoms with Crippen LogP contribution in [0.5, 0.6) is 0 Å². The summed E-state index contributed by atoms with van der Waals surface area (Å²) < 4.78 is 0.746. The van der Waals surface area contributed by atoms with Crippen LogP contribution in [-0.2, 0) is 14.4 Å². The van der Waals surface area contributed by atoms with Crippen molar-refractivity contribution < 1.29 is 14.4 Å². The van der Waals surface area contributed by atoms with Crippen molar-refractivity contribution >= 4 is 50.9 Å². The largest absolute Gasteiger partial charge is 0.324 e. The molecule has 5 nitrogen and oxygen atoms in total. The highest BCUT2D eigenvalue weighted by atomic mass is 79.9. The number of benzene rings is 1. The Bertz CT molecular complexity index is 894.